The van der Waals surface area contributed by atoms with E-state index in [0.717, 1.165) is 7.14 Å². The van der Waals surface area contributed by atoms with Gasteiger partial charge in [-0.25, -0.2) is 23.4 Å². The Morgan fingerprint density at radius 2 is 1.33 bits per heavy atom. The van der Waals surface area contributed by atoms with Crippen LogP contribution in [0.5, 0.6) is 0 Å². The monoisotopic (exact) mass is 822 g/mol. The number of anilines is 4. The molecule has 2 aromatic heterocycles. The number of halogens is 5. The number of esters is 2. The fraction of sp³-hybridized carbons (Fsp3) is 0.143. The first-order valence-corrected chi connectivity index (χ1v) is 14.7. The van der Waals surface area contributed by atoms with Crippen LogP contribution >= 0.6 is 56.8 Å². The van der Waals surface area contributed by atoms with E-state index in [1.165, 1.54) is 42.7 Å². The van der Waals surface area contributed by atoms with Gasteiger partial charge in [0.15, 0.2) is 0 Å². The fourth-order valence-electron chi connectivity index (χ4n) is 3.33. The number of carbonyl (C=O) groups is 2. The van der Waals surface area contributed by atoms with E-state index in [2.05, 4.69) is 20.6 Å². The van der Waals surface area contributed by atoms with Crippen LogP contribution in [0.1, 0.15) is 34.6 Å². The van der Waals surface area contributed by atoms with Gasteiger partial charge < -0.3 is 25.1 Å². The number of aromatic nitrogens is 2. The van der Waals surface area contributed by atoms with Gasteiger partial charge in [-0.15, -0.1) is 0 Å². The number of pyridine rings is 2. The van der Waals surface area contributed by atoms with Gasteiger partial charge in [-0.1, -0.05) is 11.6 Å². The summed E-state index contributed by atoms with van der Waals surface area (Å²) in [6.07, 6.45) is 2.54. The maximum atomic E-state index is 13.9. The molecule has 0 aliphatic rings. The minimum atomic E-state index is -0.595. The van der Waals surface area contributed by atoms with Crippen molar-refractivity contribution in [3.8, 4) is 0 Å². The third kappa shape index (κ3) is 9.35. The SMILES string of the molecule is CCOC(=O)c1c[nH]c(=O)cc1Nc1ccc(I)cc1F.CCOC(=O)c1cnc(Cl)cc1Nc1ccc(I)cc1F. The van der Waals surface area contributed by atoms with Gasteiger partial charge >= 0.3 is 11.9 Å². The van der Waals surface area contributed by atoms with E-state index in [-0.39, 0.29) is 46.6 Å². The van der Waals surface area contributed by atoms with Gasteiger partial charge in [0.2, 0.25) is 5.56 Å². The quantitative estimate of drug-likeness (QED) is 0.0954. The van der Waals surface area contributed by atoms with Crippen molar-refractivity contribution < 1.29 is 27.8 Å². The van der Waals surface area contributed by atoms with Gasteiger partial charge in [0.05, 0.1) is 41.5 Å². The average molecular weight is 823 g/mol. The highest BCUT2D eigenvalue weighted by atomic mass is 127. The molecule has 0 amide bonds. The summed E-state index contributed by atoms with van der Waals surface area (Å²) >= 11 is 9.84. The van der Waals surface area contributed by atoms with Crippen LogP contribution in [0.2, 0.25) is 5.15 Å². The lowest BCUT2D eigenvalue weighted by molar-refractivity contribution is 0.0517. The number of ether oxygens (including phenoxy) is 2. The standard InChI is InChI=1S/C14H11ClFIN2O2.C14H12FIN2O3/c1-2-21-14(20)9-7-18-13(15)6-12(9)19-11-4-3-8(17)5-10(11)16;1-2-21-14(20)9-7-17-13(19)6-12(9)18-11-4-3-8(16)5-10(11)15/h3-7H,2H2,1H3,(H,18,19);3-7H,2H2,1H3,(H2,17,18,19). The molecule has 14 heteroatoms. The Balaban J connectivity index is 0.000000230. The normalized spacial score (nSPS) is 10.3. The third-order valence-electron chi connectivity index (χ3n) is 5.19. The van der Waals surface area contributed by atoms with E-state index in [4.69, 9.17) is 21.1 Å². The molecule has 0 saturated heterocycles. The molecule has 220 valence electrons. The Morgan fingerprint density at radius 1 is 0.833 bits per heavy atom. The van der Waals surface area contributed by atoms with Gasteiger partial charge in [-0.05, 0) is 101 Å². The smallest absolute Gasteiger partial charge is 0.341 e. The third-order valence-corrected chi connectivity index (χ3v) is 6.74. The lowest BCUT2D eigenvalue weighted by Crippen LogP contribution is -2.14. The summed E-state index contributed by atoms with van der Waals surface area (Å²) in [6, 6.07) is 11.9. The lowest BCUT2D eigenvalue weighted by Gasteiger charge is -2.12. The summed E-state index contributed by atoms with van der Waals surface area (Å²) in [5, 5.41) is 5.78. The number of rotatable bonds is 8. The van der Waals surface area contributed by atoms with E-state index >= 15 is 0 Å². The van der Waals surface area contributed by atoms with Crippen LogP contribution in [0.4, 0.5) is 31.5 Å². The Kier molecular flexibility index (Phi) is 12.5. The fourth-order valence-corrected chi connectivity index (χ4v) is 4.39. The molecule has 0 unspecified atom stereocenters. The molecule has 0 fully saturated rings. The molecule has 0 aliphatic carbocycles. The van der Waals surface area contributed by atoms with Crippen molar-refractivity contribution in [1.82, 2.24) is 9.97 Å². The van der Waals surface area contributed by atoms with Crippen LogP contribution in [0.15, 0.2) is 65.7 Å². The second-order valence-electron chi connectivity index (χ2n) is 8.12. The molecule has 4 rings (SSSR count). The van der Waals surface area contributed by atoms with E-state index in [0.29, 0.717) is 5.69 Å². The topological polar surface area (TPSA) is 122 Å². The summed E-state index contributed by atoms with van der Waals surface area (Å²) in [4.78, 5) is 41.4. The maximum absolute atomic E-state index is 13.9. The highest BCUT2D eigenvalue weighted by Gasteiger charge is 2.16. The molecule has 0 atom stereocenters. The molecule has 0 bridgehead atoms. The largest absolute Gasteiger partial charge is 0.462 e. The van der Waals surface area contributed by atoms with E-state index in [1.807, 2.05) is 45.2 Å². The zero-order valence-corrected chi connectivity index (χ0v) is 27.1. The van der Waals surface area contributed by atoms with Gasteiger partial charge in [0, 0.05) is 25.6 Å². The van der Waals surface area contributed by atoms with Crippen LogP contribution in [0.3, 0.4) is 0 Å². The number of H-pyrrole nitrogens is 1. The predicted molar refractivity (Wildman–Crippen MR) is 173 cm³/mol. The molecule has 0 radical (unpaired) electrons. The molecule has 0 spiro atoms. The van der Waals surface area contributed by atoms with Crippen molar-refractivity contribution in [1.29, 1.82) is 0 Å². The average Bonchev–Trinajstić information content (AvgIpc) is 2.92. The molecule has 0 saturated carbocycles. The number of benzene rings is 2. The second-order valence-corrected chi connectivity index (χ2v) is 11.0. The molecule has 4 aromatic rings. The van der Waals surface area contributed by atoms with Gasteiger partial charge in [-0.3, -0.25) is 4.79 Å². The molecule has 9 nitrogen and oxygen atoms in total. The number of hydrogen-bond acceptors (Lipinski definition) is 8. The van der Waals surface area contributed by atoms with E-state index in [1.54, 1.807) is 32.0 Å². The number of aromatic amines is 1. The molecule has 42 heavy (non-hydrogen) atoms. The van der Waals surface area contributed by atoms with Crippen molar-refractivity contribution in [2.75, 3.05) is 23.8 Å². The highest BCUT2D eigenvalue weighted by molar-refractivity contribution is 14.1. The Bertz CT molecular complexity index is 1660. The van der Waals surface area contributed by atoms with Gasteiger partial charge in [-0.2, -0.15) is 0 Å². The minimum absolute atomic E-state index is 0.134. The first kappa shape index (κ1) is 33.2. The van der Waals surface area contributed by atoms with Crippen LogP contribution < -0.4 is 16.2 Å². The van der Waals surface area contributed by atoms with Crippen molar-refractivity contribution in [2.24, 2.45) is 0 Å². The number of carbonyl (C=O) groups excluding carboxylic acids is 2. The van der Waals surface area contributed by atoms with Crippen molar-refractivity contribution >= 4 is 91.5 Å². The summed E-state index contributed by atoms with van der Waals surface area (Å²) in [6.45, 7) is 3.82. The molecule has 2 aromatic carbocycles. The van der Waals surface area contributed by atoms with Gasteiger partial charge in [0.25, 0.3) is 0 Å². The van der Waals surface area contributed by atoms with Crippen LogP contribution in [-0.4, -0.2) is 35.1 Å². The number of nitrogens with zero attached hydrogens (tertiary/aromatic N) is 1. The predicted octanol–water partition coefficient (Wildman–Crippen LogP) is 7.44. The molecule has 0 aliphatic heterocycles. The lowest BCUT2D eigenvalue weighted by atomic mass is 10.2. The molecular formula is C28H23ClF2I2N4O5. The van der Waals surface area contributed by atoms with Crippen molar-refractivity contribution in [2.45, 2.75) is 13.8 Å². The highest BCUT2D eigenvalue weighted by Crippen LogP contribution is 2.27. The summed E-state index contributed by atoms with van der Waals surface area (Å²) < 4.78 is 39.1. The summed E-state index contributed by atoms with van der Waals surface area (Å²) in [5.74, 6) is -2.04. The van der Waals surface area contributed by atoms with Crippen molar-refractivity contribution in [3.63, 3.8) is 0 Å². The van der Waals surface area contributed by atoms with Crippen LogP contribution in [0, 0.1) is 18.8 Å². The van der Waals surface area contributed by atoms with Crippen molar-refractivity contribution in [3.05, 3.63) is 106 Å². The molecular weight excluding hydrogens is 800 g/mol. The van der Waals surface area contributed by atoms with Crippen LogP contribution in [0.25, 0.3) is 0 Å². The van der Waals surface area contributed by atoms with E-state index in [9.17, 15) is 23.2 Å². The number of hydrogen-bond donors (Lipinski definition) is 3. The first-order chi connectivity index (χ1) is 20.0. The molecule has 2 heterocycles. The first-order valence-electron chi connectivity index (χ1n) is 12.2. The summed E-state index contributed by atoms with van der Waals surface area (Å²) in [5.41, 5.74) is 0.866. The number of nitrogens with one attached hydrogen (secondary N) is 3. The van der Waals surface area contributed by atoms with E-state index < -0.39 is 29.1 Å². The Morgan fingerprint density at radius 3 is 1.83 bits per heavy atom. The summed E-state index contributed by atoms with van der Waals surface area (Å²) in [7, 11) is 0. The van der Waals surface area contributed by atoms with Crippen LogP contribution in [-0.2, 0) is 9.47 Å². The maximum Gasteiger partial charge on any atom is 0.341 e. The zero-order chi connectivity index (χ0) is 30.8. The second kappa shape index (κ2) is 15.8. The van der Waals surface area contributed by atoms with Gasteiger partial charge in [0.1, 0.15) is 22.4 Å². The minimum Gasteiger partial charge on any atom is -0.462 e. The molecule has 3 N–H and O–H groups in total. The zero-order valence-electron chi connectivity index (χ0n) is 22.1. The Labute approximate surface area is 271 Å². The Hall–Kier alpha value is -3.31.